The Balaban J connectivity index is 3.34. The van der Waals surface area contributed by atoms with Gasteiger partial charge in [-0.2, -0.15) is 0 Å². The summed E-state index contributed by atoms with van der Waals surface area (Å²) < 4.78 is -1.07. The molecule has 0 saturated carbocycles. The first kappa shape index (κ1) is 13.8. The Morgan fingerprint density at radius 2 is 1.54 bits per heavy atom. The van der Waals surface area contributed by atoms with Crippen LogP contribution in [0.3, 0.4) is 0 Å². The van der Waals surface area contributed by atoms with Crippen molar-refractivity contribution in [1.29, 1.82) is 0 Å². The Labute approximate surface area is 96.3 Å². The van der Waals surface area contributed by atoms with Crippen molar-refractivity contribution in [3.05, 3.63) is 0 Å². The molecular weight excluding hydrogens is 228 g/mol. The molecule has 1 nitrogen and oxygen atoms in total. The van der Waals surface area contributed by atoms with Gasteiger partial charge in [0.2, 0.25) is 0 Å². The van der Waals surface area contributed by atoms with Gasteiger partial charge in [-0.1, -0.05) is 48.7 Å². The Morgan fingerprint density at radius 3 is 1.92 bits per heavy atom. The fourth-order valence-electron chi connectivity index (χ4n) is 1.20. The molecule has 0 N–H and O–H groups in total. The molecule has 80 valence electrons. The normalized spacial score (nSPS) is 12.5. The van der Waals surface area contributed by atoms with Crippen molar-refractivity contribution in [2.24, 2.45) is 0 Å². The van der Waals surface area contributed by atoms with Crippen molar-refractivity contribution in [1.82, 2.24) is 4.90 Å². The van der Waals surface area contributed by atoms with Gasteiger partial charge >= 0.3 is 0 Å². The Hall–Kier alpha value is 0.830. The van der Waals surface area contributed by atoms with Crippen LogP contribution >= 0.6 is 34.8 Å². The van der Waals surface area contributed by atoms with Crippen LogP contribution in [0.25, 0.3) is 0 Å². The van der Waals surface area contributed by atoms with Crippen LogP contribution in [0.15, 0.2) is 0 Å². The standard InChI is InChI=1S/C9H18Cl3N/c1-3-13(4-2)8-6-5-7-9(10,11)12/h3-8H2,1-2H3. The summed E-state index contributed by atoms with van der Waals surface area (Å²) in [6.45, 7) is 7.64. The van der Waals surface area contributed by atoms with E-state index in [1.807, 2.05) is 0 Å². The smallest absolute Gasteiger partial charge is 0.190 e. The maximum atomic E-state index is 5.63. The summed E-state index contributed by atoms with van der Waals surface area (Å²) in [5.41, 5.74) is 0. The molecule has 0 aliphatic heterocycles. The molecule has 0 heterocycles. The summed E-state index contributed by atoms with van der Waals surface area (Å²) in [4.78, 5) is 2.37. The summed E-state index contributed by atoms with van der Waals surface area (Å²) in [6, 6.07) is 0. The second-order valence-corrected chi connectivity index (χ2v) is 5.62. The Bertz CT molecular complexity index is 119. The van der Waals surface area contributed by atoms with Crippen LogP contribution in [0.1, 0.15) is 33.1 Å². The molecule has 0 rings (SSSR count). The van der Waals surface area contributed by atoms with E-state index < -0.39 is 3.79 Å². The van der Waals surface area contributed by atoms with Gasteiger partial charge in [0.15, 0.2) is 3.79 Å². The lowest BCUT2D eigenvalue weighted by molar-refractivity contribution is 0.296. The van der Waals surface area contributed by atoms with E-state index in [2.05, 4.69) is 18.7 Å². The van der Waals surface area contributed by atoms with Crippen molar-refractivity contribution in [3.63, 3.8) is 0 Å². The third-order valence-electron chi connectivity index (χ3n) is 2.08. The van der Waals surface area contributed by atoms with Crippen LogP contribution in [-0.2, 0) is 0 Å². The molecule has 0 saturated heterocycles. The van der Waals surface area contributed by atoms with Gasteiger partial charge in [-0.3, -0.25) is 0 Å². The molecule has 4 heteroatoms. The van der Waals surface area contributed by atoms with Gasteiger partial charge < -0.3 is 4.90 Å². The molecular formula is C9H18Cl3N. The van der Waals surface area contributed by atoms with Gasteiger partial charge in [-0.25, -0.2) is 0 Å². The molecule has 0 aliphatic carbocycles. The van der Waals surface area contributed by atoms with Gasteiger partial charge in [0.1, 0.15) is 0 Å². The number of nitrogens with zero attached hydrogens (tertiary/aromatic N) is 1. The van der Waals surface area contributed by atoms with E-state index in [1.54, 1.807) is 0 Å². The quantitative estimate of drug-likeness (QED) is 0.508. The van der Waals surface area contributed by atoms with Gasteiger partial charge in [-0.15, -0.1) is 0 Å². The molecule has 0 aromatic carbocycles. The predicted molar refractivity (Wildman–Crippen MR) is 61.9 cm³/mol. The molecule has 0 fully saturated rings. The second kappa shape index (κ2) is 7.17. The fourth-order valence-corrected chi connectivity index (χ4v) is 1.60. The van der Waals surface area contributed by atoms with E-state index in [0.29, 0.717) is 6.42 Å². The maximum Gasteiger partial charge on any atom is 0.190 e. The highest BCUT2D eigenvalue weighted by Crippen LogP contribution is 2.31. The zero-order valence-electron chi connectivity index (χ0n) is 8.32. The predicted octanol–water partition coefficient (Wildman–Crippen LogP) is 3.87. The fraction of sp³-hybridized carbons (Fsp3) is 1.00. The van der Waals surface area contributed by atoms with E-state index in [9.17, 15) is 0 Å². The second-order valence-electron chi connectivity index (χ2n) is 3.10. The molecule has 0 aliphatic rings. The zero-order chi connectivity index (χ0) is 10.3. The average molecular weight is 247 g/mol. The molecule has 0 aromatic heterocycles. The van der Waals surface area contributed by atoms with Crippen molar-refractivity contribution < 1.29 is 0 Å². The van der Waals surface area contributed by atoms with Crippen LogP contribution in [0.2, 0.25) is 0 Å². The van der Waals surface area contributed by atoms with Crippen molar-refractivity contribution in [2.45, 2.75) is 36.9 Å². The first-order chi connectivity index (χ1) is 5.99. The van der Waals surface area contributed by atoms with Crippen molar-refractivity contribution in [2.75, 3.05) is 19.6 Å². The van der Waals surface area contributed by atoms with Crippen LogP contribution < -0.4 is 0 Å². The molecule has 0 bridgehead atoms. The van der Waals surface area contributed by atoms with E-state index >= 15 is 0 Å². The molecule has 0 unspecified atom stereocenters. The Kier molecular flexibility index (Phi) is 7.62. The minimum Gasteiger partial charge on any atom is -0.304 e. The van der Waals surface area contributed by atoms with E-state index in [-0.39, 0.29) is 0 Å². The lowest BCUT2D eigenvalue weighted by Crippen LogP contribution is -2.24. The number of rotatable bonds is 6. The zero-order valence-corrected chi connectivity index (χ0v) is 10.6. The lowest BCUT2D eigenvalue weighted by Gasteiger charge is -2.18. The Morgan fingerprint density at radius 1 is 1.00 bits per heavy atom. The lowest BCUT2D eigenvalue weighted by atomic mass is 10.2. The van der Waals surface area contributed by atoms with Crippen LogP contribution in [0.4, 0.5) is 0 Å². The summed E-state index contributed by atoms with van der Waals surface area (Å²) in [5, 5.41) is 0. The van der Waals surface area contributed by atoms with Crippen LogP contribution in [0, 0.1) is 0 Å². The number of unbranched alkanes of at least 4 members (excludes halogenated alkanes) is 1. The molecule has 0 amide bonds. The van der Waals surface area contributed by atoms with E-state index in [1.165, 1.54) is 0 Å². The molecule has 0 atom stereocenters. The number of halogens is 3. The summed E-state index contributed by atoms with van der Waals surface area (Å²) >= 11 is 16.9. The number of hydrogen-bond acceptors (Lipinski definition) is 1. The molecule has 13 heavy (non-hydrogen) atoms. The third kappa shape index (κ3) is 9.14. The largest absolute Gasteiger partial charge is 0.304 e. The summed E-state index contributed by atoms with van der Waals surface area (Å²) in [6.07, 6.45) is 2.74. The first-order valence-corrected chi connectivity index (χ1v) is 5.92. The highest BCUT2D eigenvalue weighted by atomic mass is 35.6. The molecule has 0 radical (unpaired) electrons. The highest BCUT2D eigenvalue weighted by Gasteiger charge is 2.18. The van der Waals surface area contributed by atoms with Gasteiger partial charge in [0, 0.05) is 0 Å². The average Bonchev–Trinajstić information content (AvgIpc) is 2.03. The maximum absolute atomic E-state index is 5.63. The summed E-state index contributed by atoms with van der Waals surface area (Å²) in [7, 11) is 0. The number of hydrogen-bond donors (Lipinski definition) is 0. The van der Waals surface area contributed by atoms with Gasteiger partial charge in [0.05, 0.1) is 0 Å². The minimum atomic E-state index is -1.07. The van der Waals surface area contributed by atoms with Crippen LogP contribution in [-0.4, -0.2) is 28.3 Å². The third-order valence-corrected chi connectivity index (χ3v) is 2.65. The minimum absolute atomic E-state index is 0.652. The summed E-state index contributed by atoms with van der Waals surface area (Å²) in [5.74, 6) is 0. The van der Waals surface area contributed by atoms with Gasteiger partial charge in [-0.05, 0) is 38.9 Å². The van der Waals surface area contributed by atoms with Crippen LogP contribution in [0.5, 0.6) is 0 Å². The molecule has 0 spiro atoms. The topological polar surface area (TPSA) is 3.24 Å². The monoisotopic (exact) mass is 245 g/mol. The van der Waals surface area contributed by atoms with Gasteiger partial charge in [0.25, 0.3) is 0 Å². The SMILES string of the molecule is CCN(CC)CCCCC(Cl)(Cl)Cl. The number of alkyl halides is 3. The molecule has 0 aromatic rings. The van der Waals surface area contributed by atoms with E-state index in [4.69, 9.17) is 34.8 Å². The van der Waals surface area contributed by atoms with Crippen molar-refractivity contribution in [3.8, 4) is 0 Å². The van der Waals surface area contributed by atoms with E-state index in [0.717, 1.165) is 32.5 Å². The van der Waals surface area contributed by atoms with Crippen molar-refractivity contribution >= 4 is 34.8 Å². The first-order valence-electron chi connectivity index (χ1n) is 4.78. The highest BCUT2D eigenvalue weighted by molar-refractivity contribution is 6.67.